The number of carbonyl (C=O) groups is 2. The fraction of sp³-hybridized carbons (Fsp3) is 0.579. The Kier molecular flexibility index (Phi) is 5.97. The average molecular weight is 334 g/mol. The van der Waals surface area contributed by atoms with Crippen LogP contribution < -0.4 is 5.32 Å². The van der Waals surface area contributed by atoms with Crippen LogP contribution in [0.3, 0.4) is 0 Å². The lowest BCUT2D eigenvalue weighted by Crippen LogP contribution is -2.49. The van der Waals surface area contributed by atoms with Gasteiger partial charge in [-0.25, -0.2) is 4.39 Å². The standard InChI is InChI=1S/C19H27FN2O2/c1-19(2,3)18(24)21-16-9-11-22(12-10-16)17(23)8-7-14-5-4-6-15(20)13-14/h4-6,13,16H,7-12H2,1-3H3,(H,21,24). The van der Waals surface area contributed by atoms with Crippen molar-refractivity contribution in [2.45, 2.75) is 52.5 Å². The maximum absolute atomic E-state index is 13.1. The summed E-state index contributed by atoms with van der Waals surface area (Å²) >= 11 is 0. The largest absolute Gasteiger partial charge is 0.353 e. The first-order valence-electron chi connectivity index (χ1n) is 8.59. The molecule has 1 heterocycles. The van der Waals surface area contributed by atoms with Crippen LogP contribution in [0.25, 0.3) is 0 Å². The number of amides is 2. The van der Waals surface area contributed by atoms with Gasteiger partial charge in [0.05, 0.1) is 0 Å². The number of hydrogen-bond acceptors (Lipinski definition) is 2. The summed E-state index contributed by atoms with van der Waals surface area (Å²) in [4.78, 5) is 26.1. The fourth-order valence-corrected chi connectivity index (χ4v) is 2.78. The Labute approximate surface area is 143 Å². The molecular weight excluding hydrogens is 307 g/mol. The minimum absolute atomic E-state index is 0.0541. The van der Waals surface area contributed by atoms with E-state index in [9.17, 15) is 14.0 Å². The van der Waals surface area contributed by atoms with Crippen molar-refractivity contribution in [1.29, 1.82) is 0 Å². The first kappa shape index (κ1) is 18.4. The Balaban J connectivity index is 1.75. The molecule has 2 amide bonds. The van der Waals surface area contributed by atoms with E-state index in [2.05, 4.69) is 5.32 Å². The second-order valence-electron chi connectivity index (χ2n) is 7.51. The van der Waals surface area contributed by atoms with E-state index in [1.807, 2.05) is 31.7 Å². The summed E-state index contributed by atoms with van der Waals surface area (Å²) < 4.78 is 13.1. The molecular formula is C19H27FN2O2. The first-order valence-corrected chi connectivity index (χ1v) is 8.59. The zero-order valence-electron chi connectivity index (χ0n) is 14.8. The smallest absolute Gasteiger partial charge is 0.225 e. The molecule has 1 aliphatic heterocycles. The lowest BCUT2D eigenvalue weighted by molar-refractivity contribution is -0.132. The number of rotatable bonds is 4. The SMILES string of the molecule is CC(C)(C)C(=O)NC1CCN(C(=O)CCc2cccc(F)c2)CC1. The minimum Gasteiger partial charge on any atom is -0.353 e. The minimum atomic E-state index is -0.391. The summed E-state index contributed by atoms with van der Waals surface area (Å²) in [5.74, 6) is -0.117. The number of nitrogens with one attached hydrogen (secondary N) is 1. The molecule has 0 unspecified atom stereocenters. The van der Waals surface area contributed by atoms with E-state index in [4.69, 9.17) is 0 Å². The number of nitrogens with zero attached hydrogens (tertiary/aromatic N) is 1. The molecule has 1 saturated heterocycles. The second-order valence-corrected chi connectivity index (χ2v) is 7.51. The van der Waals surface area contributed by atoms with E-state index in [1.165, 1.54) is 12.1 Å². The van der Waals surface area contributed by atoms with Crippen molar-refractivity contribution in [2.75, 3.05) is 13.1 Å². The van der Waals surface area contributed by atoms with Gasteiger partial charge in [0.15, 0.2) is 0 Å². The number of piperidine rings is 1. The summed E-state index contributed by atoms with van der Waals surface area (Å²) in [7, 11) is 0. The maximum Gasteiger partial charge on any atom is 0.225 e. The van der Waals surface area contributed by atoms with Gasteiger partial charge >= 0.3 is 0 Å². The van der Waals surface area contributed by atoms with E-state index in [-0.39, 0.29) is 23.7 Å². The number of carbonyl (C=O) groups excluding carboxylic acids is 2. The lowest BCUT2D eigenvalue weighted by Gasteiger charge is -2.33. The van der Waals surface area contributed by atoms with Crippen LogP contribution in [-0.2, 0) is 16.0 Å². The highest BCUT2D eigenvalue weighted by Gasteiger charge is 2.27. The third-order valence-electron chi connectivity index (χ3n) is 4.38. The van der Waals surface area contributed by atoms with E-state index < -0.39 is 5.41 Å². The molecule has 132 valence electrons. The fourth-order valence-electron chi connectivity index (χ4n) is 2.78. The number of hydrogen-bond donors (Lipinski definition) is 1. The third kappa shape index (κ3) is 5.32. The Morgan fingerprint density at radius 2 is 1.92 bits per heavy atom. The molecule has 0 bridgehead atoms. The highest BCUT2D eigenvalue weighted by Crippen LogP contribution is 2.17. The van der Waals surface area contributed by atoms with Crippen molar-refractivity contribution in [1.82, 2.24) is 10.2 Å². The van der Waals surface area contributed by atoms with E-state index in [0.29, 0.717) is 25.9 Å². The molecule has 2 rings (SSSR count). The summed E-state index contributed by atoms with van der Waals surface area (Å²) in [6.07, 6.45) is 2.51. The molecule has 0 saturated carbocycles. The molecule has 5 heteroatoms. The molecule has 1 aromatic carbocycles. The van der Waals surface area contributed by atoms with Crippen LogP contribution in [0.5, 0.6) is 0 Å². The van der Waals surface area contributed by atoms with Gasteiger partial charge in [0.1, 0.15) is 5.82 Å². The van der Waals surface area contributed by atoms with Gasteiger partial charge in [-0.15, -0.1) is 0 Å². The van der Waals surface area contributed by atoms with Crippen molar-refractivity contribution in [3.63, 3.8) is 0 Å². The van der Waals surface area contributed by atoms with Crippen LogP contribution in [-0.4, -0.2) is 35.8 Å². The number of aryl methyl sites for hydroxylation is 1. The number of halogens is 1. The Bertz CT molecular complexity index is 587. The van der Waals surface area contributed by atoms with Crippen LogP contribution in [0.2, 0.25) is 0 Å². The zero-order valence-corrected chi connectivity index (χ0v) is 14.8. The third-order valence-corrected chi connectivity index (χ3v) is 4.38. The van der Waals surface area contributed by atoms with Gasteiger partial charge in [-0.3, -0.25) is 9.59 Å². The molecule has 1 N–H and O–H groups in total. The molecule has 1 fully saturated rings. The molecule has 0 aliphatic carbocycles. The van der Waals surface area contributed by atoms with E-state index >= 15 is 0 Å². The monoisotopic (exact) mass is 334 g/mol. The second kappa shape index (κ2) is 7.77. The molecule has 4 nitrogen and oxygen atoms in total. The van der Waals surface area contributed by atoms with E-state index in [0.717, 1.165) is 18.4 Å². The van der Waals surface area contributed by atoms with Crippen molar-refractivity contribution in [2.24, 2.45) is 5.41 Å². The predicted octanol–water partition coefficient (Wildman–Crippen LogP) is 2.91. The average Bonchev–Trinajstić information content (AvgIpc) is 2.52. The van der Waals surface area contributed by atoms with Crippen LogP contribution in [0.4, 0.5) is 4.39 Å². The normalized spacial score (nSPS) is 16.1. The Morgan fingerprint density at radius 3 is 2.50 bits per heavy atom. The zero-order chi connectivity index (χ0) is 17.7. The van der Waals surface area contributed by atoms with Gasteiger partial charge in [0, 0.05) is 31.0 Å². The van der Waals surface area contributed by atoms with Crippen molar-refractivity contribution < 1.29 is 14.0 Å². The summed E-state index contributed by atoms with van der Waals surface area (Å²) in [5, 5.41) is 3.06. The van der Waals surface area contributed by atoms with Crippen LogP contribution >= 0.6 is 0 Å². The van der Waals surface area contributed by atoms with Crippen molar-refractivity contribution in [3.8, 4) is 0 Å². The molecule has 0 atom stereocenters. The highest BCUT2D eigenvalue weighted by molar-refractivity contribution is 5.81. The molecule has 0 radical (unpaired) electrons. The predicted molar refractivity (Wildman–Crippen MR) is 91.9 cm³/mol. The summed E-state index contributed by atoms with van der Waals surface area (Å²) in [6.45, 7) is 7.02. The van der Waals surface area contributed by atoms with Crippen LogP contribution in [0.1, 0.15) is 45.6 Å². The number of benzene rings is 1. The quantitative estimate of drug-likeness (QED) is 0.920. The first-order chi connectivity index (χ1) is 11.3. The lowest BCUT2D eigenvalue weighted by atomic mass is 9.94. The van der Waals surface area contributed by atoms with Gasteiger partial charge in [-0.05, 0) is 37.0 Å². The summed E-state index contributed by atoms with van der Waals surface area (Å²) in [5.41, 5.74) is 0.452. The molecule has 0 spiro atoms. The van der Waals surface area contributed by atoms with Gasteiger partial charge in [-0.1, -0.05) is 32.9 Å². The van der Waals surface area contributed by atoms with Crippen molar-refractivity contribution >= 4 is 11.8 Å². The van der Waals surface area contributed by atoms with Crippen LogP contribution in [0, 0.1) is 11.2 Å². The molecule has 24 heavy (non-hydrogen) atoms. The van der Waals surface area contributed by atoms with Gasteiger partial charge in [-0.2, -0.15) is 0 Å². The van der Waals surface area contributed by atoms with Gasteiger partial charge < -0.3 is 10.2 Å². The summed E-state index contributed by atoms with van der Waals surface area (Å²) in [6, 6.07) is 6.52. The highest BCUT2D eigenvalue weighted by atomic mass is 19.1. The number of likely N-dealkylation sites (tertiary alicyclic amines) is 1. The van der Waals surface area contributed by atoms with Gasteiger partial charge in [0.2, 0.25) is 11.8 Å². The molecule has 1 aromatic rings. The Morgan fingerprint density at radius 1 is 1.25 bits per heavy atom. The topological polar surface area (TPSA) is 49.4 Å². The maximum atomic E-state index is 13.1. The molecule has 1 aliphatic rings. The Hall–Kier alpha value is -1.91. The molecule has 0 aromatic heterocycles. The van der Waals surface area contributed by atoms with Crippen LogP contribution in [0.15, 0.2) is 24.3 Å². The van der Waals surface area contributed by atoms with Crippen molar-refractivity contribution in [3.05, 3.63) is 35.6 Å². The van der Waals surface area contributed by atoms with Gasteiger partial charge in [0.25, 0.3) is 0 Å². The van der Waals surface area contributed by atoms with E-state index in [1.54, 1.807) is 6.07 Å².